The molecule has 3 aromatic rings. The third-order valence-corrected chi connectivity index (χ3v) is 4.88. The Morgan fingerprint density at radius 3 is 2.29 bits per heavy atom. The van der Waals surface area contributed by atoms with Crippen LogP contribution in [-0.4, -0.2) is 18.4 Å². The van der Waals surface area contributed by atoms with Crippen molar-refractivity contribution in [3.8, 4) is 5.75 Å². The Bertz CT molecular complexity index is 921. The molecule has 2 N–H and O–H groups in total. The number of hydrogen-bond donors (Lipinski definition) is 2. The molecular formula is C22H22N2O3S. The Hall–Kier alpha value is -3.12. The molecule has 144 valence electrons. The van der Waals surface area contributed by atoms with Gasteiger partial charge in [0.25, 0.3) is 11.8 Å². The summed E-state index contributed by atoms with van der Waals surface area (Å²) in [5.74, 6) is 0.363. The Balaban J connectivity index is 1.60. The van der Waals surface area contributed by atoms with Gasteiger partial charge in [0.1, 0.15) is 5.75 Å². The molecule has 0 aliphatic carbocycles. The number of anilines is 2. The largest absolute Gasteiger partial charge is 0.494 e. The summed E-state index contributed by atoms with van der Waals surface area (Å²) >= 11 is 1.38. The summed E-state index contributed by atoms with van der Waals surface area (Å²) < 4.78 is 5.61. The summed E-state index contributed by atoms with van der Waals surface area (Å²) in [6.45, 7) is 2.78. The SMILES string of the molecule is CCCCOc1ccc(C(=O)Nc2cccc(NC(=O)c3cccs3)c2)cc1. The van der Waals surface area contributed by atoms with Crippen LogP contribution >= 0.6 is 11.3 Å². The summed E-state index contributed by atoms with van der Waals surface area (Å²) in [6.07, 6.45) is 2.08. The van der Waals surface area contributed by atoms with E-state index in [4.69, 9.17) is 4.74 Å². The summed E-state index contributed by atoms with van der Waals surface area (Å²) in [6, 6.07) is 17.7. The third-order valence-electron chi connectivity index (χ3n) is 4.01. The fourth-order valence-electron chi connectivity index (χ4n) is 2.52. The van der Waals surface area contributed by atoms with Gasteiger partial charge in [-0.05, 0) is 60.3 Å². The Kier molecular flexibility index (Phi) is 6.81. The maximum atomic E-state index is 12.5. The van der Waals surface area contributed by atoms with Crippen LogP contribution in [0.4, 0.5) is 11.4 Å². The predicted molar refractivity (Wildman–Crippen MR) is 114 cm³/mol. The fraction of sp³-hybridized carbons (Fsp3) is 0.182. The lowest BCUT2D eigenvalue weighted by atomic mass is 10.2. The van der Waals surface area contributed by atoms with Crippen LogP contribution in [0.2, 0.25) is 0 Å². The number of carbonyl (C=O) groups is 2. The van der Waals surface area contributed by atoms with E-state index >= 15 is 0 Å². The van der Waals surface area contributed by atoms with Crippen molar-refractivity contribution in [1.29, 1.82) is 0 Å². The van der Waals surface area contributed by atoms with E-state index in [9.17, 15) is 9.59 Å². The lowest BCUT2D eigenvalue weighted by molar-refractivity contribution is 0.102. The predicted octanol–water partition coefficient (Wildman–Crippen LogP) is 5.43. The molecule has 3 rings (SSSR count). The molecule has 0 fully saturated rings. The van der Waals surface area contributed by atoms with Crippen LogP contribution in [0.5, 0.6) is 5.75 Å². The molecule has 0 bridgehead atoms. The van der Waals surface area contributed by atoms with Gasteiger partial charge in [-0.2, -0.15) is 0 Å². The number of benzene rings is 2. The zero-order chi connectivity index (χ0) is 19.8. The Morgan fingerprint density at radius 2 is 1.64 bits per heavy atom. The molecule has 0 radical (unpaired) electrons. The fourth-order valence-corrected chi connectivity index (χ4v) is 3.13. The molecule has 28 heavy (non-hydrogen) atoms. The summed E-state index contributed by atoms with van der Waals surface area (Å²) in [4.78, 5) is 25.3. The zero-order valence-corrected chi connectivity index (χ0v) is 16.4. The lowest BCUT2D eigenvalue weighted by Crippen LogP contribution is -2.13. The monoisotopic (exact) mass is 394 g/mol. The van der Waals surface area contributed by atoms with E-state index in [2.05, 4.69) is 17.6 Å². The highest BCUT2D eigenvalue weighted by Crippen LogP contribution is 2.19. The molecule has 0 saturated heterocycles. The first-order chi connectivity index (χ1) is 13.7. The van der Waals surface area contributed by atoms with Crippen molar-refractivity contribution in [2.75, 3.05) is 17.2 Å². The van der Waals surface area contributed by atoms with Crippen molar-refractivity contribution in [3.05, 3.63) is 76.5 Å². The van der Waals surface area contributed by atoms with Gasteiger partial charge in [0.05, 0.1) is 11.5 Å². The van der Waals surface area contributed by atoms with E-state index in [1.54, 1.807) is 54.6 Å². The van der Waals surface area contributed by atoms with E-state index in [0.717, 1.165) is 18.6 Å². The van der Waals surface area contributed by atoms with Gasteiger partial charge in [-0.3, -0.25) is 9.59 Å². The van der Waals surface area contributed by atoms with E-state index in [1.807, 2.05) is 11.4 Å². The van der Waals surface area contributed by atoms with Gasteiger partial charge in [0, 0.05) is 16.9 Å². The number of ether oxygens (including phenoxy) is 1. The quantitative estimate of drug-likeness (QED) is 0.501. The van der Waals surface area contributed by atoms with E-state index in [1.165, 1.54) is 11.3 Å². The van der Waals surface area contributed by atoms with Gasteiger partial charge in [0.2, 0.25) is 0 Å². The van der Waals surface area contributed by atoms with Crippen molar-refractivity contribution in [2.24, 2.45) is 0 Å². The number of amides is 2. The molecule has 1 aromatic heterocycles. The van der Waals surface area contributed by atoms with Gasteiger partial charge in [-0.15, -0.1) is 11.3 Å². The number of nitrogens with one attached hydrogen (secondary N) is 2. The number of thiophene rings is 1. The molecule has 0 unspecified atom stereocenters. The highest BCUT2D eigenvalue weighted by molar-refractivity contribution is 7.12. The molecule has 0 aliphatic heterocycles. The van der Waals surface area contributed by atoms with Crippen molar-refractivity contribution in [1.82, 2.24) is 0 Å². The summed E-state index contributed by atoms with van der Waals surface area (Å²) in [5.41, 5.74) is 1.77. The molecule has 6 heteroatoms. The second kappa shape index (κ2) is 9.71. The molecular weight excluding hydrogens is 372 g/mol. The summed E-state index contributed by atoms with van der Waals surface area (Å²) in [7, 11) is 0. The van der Waals surface area contributed by atoms with Crippen molar-refractivity contribution in [3.63, 3.8) is 0 Å². The number of unbranched alkanes of at least 4 members (excludes halogenated alkanes) is 1. The molecule has 2 aromatic carbocycles. The maximum absolute atomic E-state index is 12.5. The highest BCUT2D eigenvalue weighted by atomic mass is 32.1. The number of carbonyl (C=O) groups excluding carboxylic acids is 2. The van der Waals surface area contributed by atoms with Crippen LogP contribution in [0.15, 0.2) is 66.0 Å². The molecule has 2 amide bonds. The highest BCUT2D eigenvalue weighted by Gasteiger charge is 2.09. The Labute approximate surface area is 168 Å². The average molecular weight is 394 g/mol. The van der Waals surface area contributed by atoms with E-state index < -0.39 is 0 Å². The standard InChI is InChI=1S/C22H22N2O3S/c1-2-3-13-27-19-11-9-16(10-12-19)21(25)23-17-6-4-7-18(15-17)24-22(26)20-8-5-14-28-20/h4-12,14-15H,2-3,13H2,1H3,(H,23,25)(H,24,26). The molecule has 1 heterocycles. The van der Waals surface area contributed by atoms with Crippen LogP contribution in [0.3, 0.4) is 0 Å². The molecule has 0 aliphatic rings. The van der Waals surface area contributed by atoms with E-state index in [-0.39, 0.29) is 11.8 Å². The maximum Gasteiger partial charge on any atom is 0.265 e. The van der Waals surface area contributed by atoms with Gasteiger partial charge >= 0.3 is 0 Å². The van der Waals surface area contributed by atoms with Gasteiger partial charge in [-0.1, -0.05) is 25.5 Å². The van der Waals surface area contributed by atoms with Crippen LogP contribution in [0.25, 0.3) is 0 Å². The molecule has 5 nitrogen and oxygen atoms in total. The van der Waals surface area contributed by atoms with Gasteiger partial charge in [0.15, 0.2) is 0 Å². The average Bonchev–Trinajstić information content (AvgIpc) is 3.24. The van der Waals surface area contributed by atoms with Gasteiger partial charge in [-0.25, -0.2) is 0 Å². The number of hydrogen-bond acceptors (Lipinski definition) is 4. The zero-order valence-electron chi connectivity index (χ0n) is 15.6. The first-order valence-corrected chi connectivity index (χ1v) is 10.0. The second-order valence-corrected chi connectivity index (χ2v) is 7.14. The summed E-state index contributed by atoms with van der Waals surface area (Å²) in [5, 5.41) is 7.54. The van der Waals surface area contributed by atoms with Crippen LogP contribution in [-0.2, 0) is 0 Å². The normalized spacial score (nSPS) is 10.3. The second-order valence-electron chi connectivity index (χ2n) is 6.19. The topological polar surface area (TPSA) is 67.4 Å². The Morgan fingerprint density at radius 1 is 0.929 bits per heavy atom. The molecule has 0 spiro atoms. The number of rotatable bonds is 8. The molecule has 0 atom stereocenters. The van der Waals surface area contributed by atoms with Crippen LogP contribution < -0.4 is 15.4 Å². The third kappa shape index (κ3) is 5.44. The van der Waals surface area contributed by atoms with Crippen molar-refractivity contribution >= 4 is 34.5 Å². The first kappa shape index (κ1) is 19.6. The minimum atomic E-state index is -0.221. The smallest absolute Gasteiger partial charge is 0.265 e. The van der Waals surface area contributed by atoms with Crippen molar-refractivity contribution < 1.29 is 14.3 Å². The minimum Gasteiger partial charge on any atom is -0.494 e. The van der Waals surface area contributed by atoms with Crippen LogP contribution in [0, 0.1) is 0 Å². The molecule has 0 saturated carbocycles. The first-order valence-electron chi connectivity index (χ1n) is 9.15. The van der Waals surface area contributed by atoms with Crippen molar-refractivity contribution in [2.45, 2.75) is 19.8 Å². The minimum absolute atomic E-state index is 0.169. The van der Waals surface area contributed by atoms with E-state index in [0.29, 0.717) is 28.4 Å². The van der Waals surface area contributed by atoms with Gasteiger partial charge < -0.3 is 15.4 Å². The lowest BCUT2D eigenvalue weighted by Gasteiger charge is -2.09. The van der Waals surface area contributed by atoms with Crippen LogP contribution in [0.1, 0.15) is 39.8 Å².